The van der Waals surface area contributed by atoms with Gasteiger partial charge in [-0.2, -0.15) is 0 Å². The Morgan fingerprint density at radius 3 is 1.84 bits per heavy atom. The summed E-state index contributed by atoms with van der Waals surface area (Å²) in [5.74, 6) is 0.689. The van der Waals surface area contributed by atoms with Crippen molar-refractivity contribution >= 4 is 37.2 Å². The Morgan fingerprint density at radius 1 is 0.702 bits per heavy atom. The highest BCUT2D eigenvalue weighted by molar-refractivity contribution is 7.91. The number of piperidine rings is 2. The van der Waals surface area contributed by atoms with Crippen molar-refractivity contribution in [3.8, 4) is 5.75 Å². The van der Waals surface area contributed by atoms with Gasteiger partial charge >= 0.3 is 0 Å². The fraction of sp³-hybridized carbons (Fsp3) is 0.674. The lowest BCUT2D eigenvalue weighted by Gasteiger charge is -2.46. The number of fused-ring (bicyclic) bond motifs is 1. The molecule has 0 saturated carbocycles. The summed E-state index contributed by atoms with van der Waals surface area (Å²) >= 11 is 0. The zero-order valence-corrected chi connectivity index (χ0v) is 37.0. The van der Waals surface area contributed by atoms with Crippen molar-refractivity contribution in [1.29, 1.82) is 0 Å². The van der Waals surface area contributed by atoms with E-state index in [0.717, 1.165) is 63.8 Å². The molecule has 3 aliphatic heterocycles. The molecule has 0 N–H and O–H groups in total. The molecule has 1 unspecified atom stereocenters. The summed E-state index contributed by atoms with van der Waals surface area (Å²) < 4.78 is 47.6. The summed E-state index contributed by atoms with van der Waals surface area (Å²) in [6, 6.07) is 13.7. The molecule has 0 aliphatic carbocycles. The summed E-state index contributed by atoms with van der Waals surface area (Å²) in [7, 11) is -5.13. The quantitative estimate of drug-likeness (QED) is 0.0979. The third kappa shape index (κ3) is 12.0. The molecule has 11 heteroatoms. The number of piperazine rings is 1. The third-order valence-electron chi connectivity index (χ3n) is 13.0. The summed E-state index contributed by atoms with van der Waals surface area (Å²) in [6.45, 7) is 14.8. The molecule has 9 nitrogen and oxygen atoms in total. The first-order valence-corrected chi connectivity index (χ1v) is 25.5. The fourth-order valence-corrected chi connectivity index (χ4v) is 11.3. The maximum atomic E-state index is 14.5. The van der Waals surface area contributed by atoms with Crippen LogP contribution in [0.4, 0.5) is 5.69 Å². The van der Waals surface area contributed by atoms with E-state index < -0.39 is 20.6 Å². The molecule has 1 atom stereocenters. The van der Waals surface area contributed by atoms with E-state index in [9.17, 15) is 12.6 Å². The molecule has 0 amide bonds. The number of hydrogen-bond donors (Lipinski definition) is 0. The number of unbranched alkanes of at least 4 members (excludes halogenated alkanes) is 11. The van der Waals surface area contributed by atoms with Gasteiger partial charge in [0.25, 0.3) is 0 Å². The Bertz CT molecular complexity index is 1800. The lowest BCUT2D eigenvalue weighted by Crippen LogP contribution is -2.55. The van der Waals surface area contributed by atoms with Crippen molar-refractivity contribution < 1.29 is 17.4 Å². The van der Waals surface area contributed by atoms with Gasteiger partial charge in [0, 0.05) is 84.9 Å². The number of nitrogens with zero attached hydrogens (tertiary/aromatic N) is 5. The summed E-state index contributed by atoms with van der Waals surface area (Å²) in [5.41, 5.74) is 1.40. The maximum Gasteiger partial charge on any atom is 0.210 e. The van der Waals surface area contributed by atoms with Crippen molar-refractivity contribution in [2.75, 3.05) is 76.7 Å². The van der Waals surface area contributed by atoms with Crippen LogP contribution in [-0.4, -0.2) is 116 Å². The van der Waals surface area contributed by atoms with E-state index in [1.165, 1.54) is 109 Å². The lowest BCUT2D eigenvalue weighted by molar-refractivity contribution is 0.0449. The van der Waals surface area contributed by atoms with Crippen LogP contribution in [0, 0.1) is 0 Å². The van der Waals surface area contributed by atoms with Crippen molar-refractivity contribution in [1.82, 2.24) is 19.7 Å². The number of rotatable bonds is 21. The van der Waals surface area contributed by atoms with E-state index in [2.05, 4.69) is 38.4 Å². The molecule has 0 spiro atoms. The van der Waals surface area contributed by atoms with Gasteiger partial charge in [0.05, 0.1) is 22.7 Å². The van der Waals surface area contributed by atoms with E-state index in [4.69, 9.17) is 4.74 Å². The molecule has 3 saturated heterocycles. The Kier molecular flexibility index (Phi) is 17.1. The Balaban J connectivity index is 1.05. The fourth-order valence-electron chi connectivity index (χ4n) is 9.33. The van der Waals surface area contributed by atoms with Crippen LogP contribution in [0.3, 0.4) is 0 Å². The van der Waals surface area contributed by atoms with E-state index in [1.54, 1.807) is 30.5 Å². The molecule has 1 aromatic heterocycles. The topological polar surface area (TPSA) is 86.3 Å². The normalized spacial score (nSPS) is 19.0. The van der Waals surface area contributed by atoms with E-state index in [-0.39, 0.29) is 9.79 Å². The van der Waals surface area contributed by atoms with Gasteiger partial charge in [0.15, 0.2) is 0 Å². The summed E-state index contributed by atoms with van der Waals surface area (Å²) in [5, 5.41) is 0.744. The maximum absolute atomic E-state index is 14.5. The molecule has 4 heterocycles. The third-order valence-corrected chi connectivity index (χ3v) is 15.7. The highest BCUT2D eigenvalue weighted by Gasteiger charge is 2.34. The average Bonchev–Trinajstić information content (AvgIpc) is 3.25. The van der Waals surface area contributed by atoms with Crippen LogP contribution in [0.5, 0.6) is 5.75 Å². The second kappa shape index (κ2) is 22.2. The van der Waals surface area contributed by atoms with Gasteiger partial charge in [-0.1, -0.05) is 84.5 Å². The average molecular weight is 822 g/mol. The Morgan fingerprint density at radius 2 is 1.26 bits per heavy atom. The number of aromatic nitrogens is 1. The summed E-state index contributed by atoms with van der Waals surface area (Å²) in [6.07, 6.45) is 23.2. The molecule has 6 rings (SSSR count). The molecule has 0 radical (unpaired) electrons. The SMILES string of the molecule is CCCCCCCCCCCCCCOc1ccc(S(=O)(=O)c2cnc3ccc(S(C)=O)cc3c2N2CCC(N3CCC(N4CCN(CC)CC4)CC3)CC2)cc1. The summed E-state index contributed by atoms with van der Waals surface area (Å²) in [4.78, 5) is 16.0. The zero-order valence-electron chi connectivity index (χ0n) is 35.3. The van der Waals surface area contributed by atoms with E-state index in [1.807, 2.05) is 18.2 Å². The molecule has 3 aliphatic rings. The predicted molar refractivity (Wildman–Crippen MR) is 236 cm³/mol. The largest absolute Gasteiger partial charge is 0.494 e. The monoisotopic (exact) mass is 821 g/mol. The van der Waals surface area contributed by atoms with E-state index >= 15 is 0 Å². The van der Waals surface area contributed by atoms with Gasteiger partial charge < -0.3 is 19.4 Å². The smallest absolute Gasteiger partial charge is 0.210 e. The predicted octanol–water partition coefficient (Wildman–Crippen LogP) is 8.96. The molecule has 3 aromatic rings. The number of ether oxygens (including phenoxy) is 1. The molecular weight excluding hydrogens is 751 g/mol. The second-order valence-electron chi connectivity index (χ2n) is 16.8. The van der Waals surface area contributed by atoms with E-state index in [0.29, 0.717) is 40.5 Å². The van der Waals surface area contributed by atoms with Crippen molar-refractivity contribution in [3.63, 3.8) is 0 Å². The van der Waals surface area contributed by atoms with Gasteiger partial charge in [-0.05, 0) is 94.2 Å². The molecule has 57 heavy (non-hydrogen) atoms. The first-order chi connectivity index (χ1) is 27.8. The first kappa shape index (κ1) is 44.0. The minimum Gasteiger partial charge on any atom is -0.494 e. The lowest BCUT2D eigenvalue weighted by atomic mass is 9.96. The number of likely N-dealkylation sites (tertiary alicyclic amines) is 1. The van der Waals surface area contributed by atoms with Crippen LogP contribution in [0.2, 0.25) is 0 Å². The van der Waals surface area contributed by atoms with Gasteiger partial charge in [-0.15, -0.1) is 0 Å². The number of hydrogen-bond acceptors (Lipinski definition) is 9. The molecular formula is C46H71N5O4S2. The van der Waals surface area contributed by atoms with Gasteiger partial charge in [0.1, 0.15) is 10.6 Å². The number of likely N-dealkylation sites (N-methyl/N-ethyl adjacent to an activating group) is 1. The second-order valence-corrected chi connectivity index (χ2v) is 20.1. The minimum absolute atomic E-state index is 0.210. The van der Waals surface area contributed by atoms with Crippen LogP contribution in [0.15, 0.2) is 63.3 Å². The van der Waals surface area contributed by atoms with Gasteiger partial charge in [-0.25, -0.2) is 8.42 Å². The van der Waals surface area contributed by atoms with Gasteiger partial charge in [-0.3, -0.25) is 14.1 Å². The molecule has 316 valence electrons. The van der Waals surface area contributed by atoms with Crippen molar-refractivity contribution in [2.24, 2.45) is 0 Å². The van der Waals surface area contributed by atoms with Crippen LogP contribution >= 0.6 is 0 Å². The molecule has 3 fully saturated rings. The number of anilines is 1. The number of pyridine rings is 1. The van der Waals surface area contributed by atoms with Crippen LogP contribution in [0.25, 0.3) is 10.9 Å². The van der Waals surface area contributed by atoms with Crippen molar-refractivity contribution in [2.45, 2.75) is 143 Å². The standard InChI is InChI=1S/C46H71N5O4S2/c1-4-6-7-8-9-10-11-12-13-14-15-16-35-55-40-17-20-42(21-18-40)57(53,54)45-37-47-44-22-19-41(56(3)52)36-43(44)46(45)51-29-25-38(26-30-51)49-27-23-39(24-28-49)50-33-31-48(5-2)32-34-50/h17-22,36-39H,4-16,23-35H2,1-3H3. The van der Waals surface area contributed by atoms with Crippen molar-refractivity contribution in [3.05, 3.63) is 48.7 Å². The van der Waals surface area contributed by atoms with Gasteiger partial charge in [0.2, 0.25) is 9.84 Å². The highest BCUT2D eigenvalue weighted by atomic mass is 32.2. The van der Waals surface area contributed by atoms with Crippen LogP contribution in [-0.2, 0) is 20.6 Å². The zero-order chi connectivity index (χ0) is 40.0. The highest BCUT2D eigenvalue weighted by Crippen LogP contribution is 2.39. The number of sulfone groups is 1. The Hall–Kier alpha value is -2.57. The van der Waals surface area contributed by atoms with Crippen LogP contribution < -0.4 is 9.64 Å². The van der Waals surface area contributed by atoms with Crippen LogP contribution in [0.1, 0.15) is 117 Å². The first-order valence-electron chi connectivity index (χ1n) is 22.5. The molecule has 0 bridgehead atoms. The number of benzene rings is 2. The minimum atomic E-state index is -3.92. The Labute approximate surface area is 347 Å². The molecule has 2 aromatic carbocycles.